The van der Waals surface area contributed by atoms with Crippen molar-refractivity contribution in [3.05, 3.63) is 141 Å². The third-order valence-corrected chi connectivity index (χ3v) is 15.3. The van der Waals surface area contributed by atoms with E-state index in [1.807, 2.05) is 60.4 Å². The van der Waals surface area contributed by atoms with E-state index < -0.39 is 22.7 Å². The van der Waals surface area contributed by atoms with Crippen molar-refractivity contribution in [3.63, 3.8) is 0 Å². The fourth-order valence-corrected chi connectivity index (χ4v) is 11.9. The van der Waals surface area contributed by atoms with Gasteiger partial charge in [-0.2, -0.15) is 0 Å². The molecule has 3 aromatic carbocycles. The number of amides is 1. The standard InChI is InChI=1S/C57H68N4O11/c1-3-29-70-57-53(60(54(64)26-20-39-12-4-5-13-39)34-41-19-24-51-52(30-41)69-37-68-51)33-49(59-71-35-40-17-21-44(22-18-40)61(65)66)47-31-42(14-6-8-27-62)46(16-7-9-28-63)55(56(47)57)48-32-45(23-25-50(48)72-57)67-36-43-15-10-11-38(2)58-43/h3,10-11,15,17-19,21-25,30-32,39,42,46,53,55-56,62-63H,1,4-9,12-14,16,20,26-29,33-37H2,2H3/t42-,46+,53-,55+,56+,57+/m0/s1. The molecule has 6 atom stereocenters. The Balaban J connectivity index is 1.21. The number of carbonyl (C=O) groups excluding carboxylic acids is 1. The number of nitro benzene ring substituents is 1. The Labute approximate surface area is 422 Å². The van der Waals surface area contributed by atoms with Gasteiger partial charge >= 0.3 is 0 Å². The Bertz CT molecular complexity index is 2600. The van der Waals surface area contributed by atoms with Crippen molar-refractivity contribution >= 4 is 17.3 Å². The van der Waals surface area contributed by atoms with Crippen molar-refractivity contribution in [1.82, 2.24) is 9.88 Å². The van der Waals surface area contributed by atoms with Crippen LogP contribution in [0.5, 0.6) is 23.0 Å². The zero-order valence-corrected chi connectivity index (χ0v) is 41.3. The lowest BCUT2D eigenvalue weighted by Crippen LogP contribution is -2.70. The molecule has 2 fully saturated rings. The van der Waals surface area contributed by atoms with Crippen LogP contribution in [0.1, 0.15) is 117 Å². The molecule has 3 aliphatic carbocycles. The number of nitro groups is 1. The fraction of sp³-hybridized carbons (Fsp3) is 0.491. The Kier molecular flexibility index (Phi) is 16.5. The number of fused-ring (bicyclic) bond motifs is 3. The smallest absolute Gasteiger partial charge is 0.269 e. The van der Waals surface area contributed by atoms with Gasteiger partial charge in [-0.3, -0.25) is 19.9 Å². The molecule has 0 radical (unpaired) electrons. The first-order valence-electron chi connectivity index (χ1n) is 25.8. The molecule has 3 heterocycles. The number of hydrogen-bond acceptors (Lipinski definition) is 13. The molecule has 2 saturated carbocycles. The Morgan fingerprint density at radius 2 is 1.69 bits per heavy atom. The van der Waals surface area contributed by atoms with Crippen LogP contribution < -0.4 is 18.9 Å². The topological polar surface area (TPSA) is 185 Å². The summed E-state index contributed by atoms with van der Waals surface area (Å²) in [5, 5.41) is 36.7. The molecule has 15 heteroatoms. The normalized spacial score (nSPS) is 23.4. The lowest BCUT2D eigenvalue weighted by molar-refractivity contribution is -0.384. The monoisotopic (exact) mass is 984 g/mol. The maximum absolute atomic E-state index is 15.4. The number of aliphatic hydroxyl groups excluding tert-OH is 2. The average molecular weight is 985 g/mol. The number of non-ortho nitro benzene ring substituents is 1. The molecule has 4 aromatic rings. The number of pyridine rings is 1. The summed E-state index contributed by atoms with van der Waals surface area (Å²) in [5.74, 6) is 0.754. The summed E-state index contributed by atoms with van der Waals surface area (Å²) in [6.45, 7) is 6.98. The van der Waals surface area contributed by atoms with Crippen molar-refractivity contribution in [1.29, 1.82) is 0 Å². The third-order valence-electron chi connectivity index (χ3n) is 15.3. The molecule has 1 aromatic heterocycles. The van der Waals surface area contributed by atoms with E-state index in [9.17, 15) is 20.3 Å². The van der Waals surface area contributed by atoms with Gasteiger partial charge in [-0.05, 0) is 128 Å². The molecule has 0 spiro atoms. The largest absolute Gasteiger partial charge is 0.487 e. The summed E-state index contributed by atoms with van der Waals surface area (Å²) in [7, 11) is 0. The van der Waals surface area contributed by atoms with Gasteiger partial charge in [0.25, 0.3) is 5.69 Å². The highest BCUT2D eigenvalue weighted by atomic mass is 16.7. The summed E-state index contributed by atoms with van der Waals surface area (Å²) < 4.78 is 32.9. The van der Waals surface area contributed by atoms with Gasteiger partial charge in [0.1, 0.15) is 30.8 Å². The van der Waals surface area contributed by atoms with Crippen molar-refractivity contribution < 1.29 is 48.5 Å². The number of benzene rings is 3. The molecular weight excluding hydrogens is 917 g/mol. The van der Waals surface area contributed by atoms with Crippen LogP contribution in [0.4, 0.5) is 5.69 Å². The maximum Gasteiger partial charge on any atom is 0.269 e. The Hall–Kier alpha value is -6.29. The summed E-state index contributed by atoms with van der Waals surface area (Å²) in [5.41, 5.74) is 5.74. The molecule has 72 heavy (non-hydrogen) atoms. The number of oxime groups is 1. The number of allylic oxidation sites excluding steroid dienone is 1. The fourth-order valence-electron chi connectivity index (χ4n) is 11.9. The van der Waals surface area contributed by atoms with Crippen molar-refractivity contribution in [3.8, 4) is 23.0 Å². The van der Waals surface area contributed by atoms with Gasteiger partial charge in [-0.25, -0.2) is 0 Å². The summed E-state index contributed by atoms with van der Waals surface area (Å²) in [4.78, 5) is 39.4. The van der Waals surface area contributed by atoms with Crippen LogP contribution in [0.25, 0.3) is 0 Å². The minimum Gasteiger partial charge on any atom is -0.487 e. The number of ether oxygens (including phenoxy) is 5. The maximum atomic E-state index is 15.4. The van der Waals surface area contributed by atoms with E-state index in [0.717, 1.165) is 73.0 Å². The lowest BCUT2D eigenvalue weighted by atomic mass is 9.55. The second-order valence-corrected chi connectivity index (χ2v) is 19.9. The number of hydrogen-bond donors (Lipinski definition) is 2. The van der Waals surface area contributed by atoms with Crippen molar-refractivity contribution in [2.24, 2.45) is 28.8 Å². The van der Waals surface area contributed by atoms with Crippen LogP contribution in [0.2, 0.25) is 0 Å². The van der Waals surface area contributed by atoms with E-state index >= 15 is 4.79 Å². The van der Waals surface area contributed by atoms with Gasteiger partial charge < -0.3 is 43.6 Å². The van der Waals surface area contributed by atoms with Gasteiger partial charge in [0.2, 0.25) is 18.5 Å². The summed E-state index contributed by atoms with van der Waals surface area (Å²) in [6.07, 6.45) is 14.3. The van der Waals surface area contributed by atoms with Gasteiger partial charge in [-0.15, -0.1) is 6.58 Å². The second-order valence-electron chi connectivity index (χ2n) is 19.9. The van der Waals surface area contributed by atoms with Crippen molar-refractivity contribution in [2.45, 2.75) is 128 Å². The second kappa shape index (κ2) is 23.5. The first kappa shape index (κ1) is 50.6. The average Bonchev–Trinajstić information content (AvgIpc) is 4.10. The van der Waals surface area contributed by atoms with E-state index in [0.29, 0.717) is 59.5 Å². The third kappa shape index (κ3) is 11.3. The number of aliphatic hydroxyl groups is 2. The zero-order chi connectivity index (χ0) is 50.0. The minimum atomic E-state index is -1.46. The zero-order valence-electron chi connectivity index (χ0n) is 41.3. The molecule has 382 valence electrons. The molecular formula is C57H68N4O11. The number of nitrogens with zero attached hydrogens (tertiary/aromatic N) is 4. The number of aromatic nitrogens is 1. The van der Waals surface area contributed by atoms with Crippen LogP contribution in [-0.4, -0.2) is 75.1 Å². The van der Waals surface area contributed by atoms with E-state index in [-0.39, 0.29) is 82.1 Å². The minimum absolute atomic E-state index is 0.00782. The van der Waals surface area contributed by atoms with Gasteiger partial charge in [0.05, 0.1) is 28.9 Å². The number of rotatable bonds is 24. The molecule has 15 nitrogen and oxygen atoms in total. The summed E-state index contributed by atoms with van der Waals surface area (Å²) >= 11 is 0. The number of carbonyl (C=O) groups is 1. The molecule has 2 N–H and O–H groups in total. The summed E-state index contributed by atoms with van der Waals surface area (Å²) in [6, 6.07) is 23.1. The number of aryl methyl sites for hydroxylation is 1. The van der Waals surface area contributed by atoms with E-state index in [4.69, 9.17) is 33.7 Å². The van der Waals surface area contributed by atoms with E-state index in [1.165, 1.54) is 25.0 Å². The van der Waals surface area contributed by atoms with E-state index in [1.54, 1.807) is 18.2 Å². The molecule has 5 aliphatic rings. The Morgan fingerprint density at radius 3 is 2.46 bits per heavy atom. The predicted molar refractivity (Wildman–Crippen MR) is 270 cm³/mol. The SMILES string of the molecule is C=CCO[C@@]12Oc3ccc(OCc4cccc(C)n4)cc3[C@H]3[C@H](CCCCO)[C@@H](CCCCO)C=C(C(=NOCc4ccc([N+](=O)[O-])cc4)C[C@@H]1N(Cc1ccc4c(c1)OCO4)C(=O)CCC1CCCC1)[C@H]32. The molecule has 9 rings (SSSR count). The predicted octanol–water partition coefficient (Wildman–Crippen LogP) is 10.4. The lowest BCUT2D eigenvalue weighted by Gasteiger charge is -2.60. The molecule has 0 unspecified atom stereocenters. The van der Waals surface area contributed by atoms with Crippen LogP contribution in [-0.2, 0) is 34.1 Å². The Morgan fingerprint density at radius 1 is 0.931 bits per heavy atom. The molecule has 0 saturated heterocycles. The number of unbranched alkanes of at least 4 members (excludes halogenated alkanes) is 2. The van der Waals surface area contributed by atoms with Crippen LogP contribution in [0, 0.1) is 40.7 Å². The van der Waals surface area contributed by atoms with Crippen LogP contribution in [0.15, 0.2) is 108 Å². The molecule has 2 aliphatic heterocycles. The van der Waals surface area contributed by atoms with Gasteiger partial charge in [0, 0.05) is 61.9 Å². The first-order chi connectivity index (χ1) is 35.2. The highest BCUT2D eigenvalue weighted by Crippen LogP contribution is 2.62. The molecule has 1 amide bonds. The first-order valence-corrected chi connectivity index (χ1v) is 25.8. The quantitative estimate of drug-likeness (QED) is 0.0294. The van der Waals surface area contributed by atoms with Crippen LogP contribution >= 0.6 is 0 Å². The van der Waals surface area contributed by atoms with Crippen molar-refractivity contribution in [2.75, 3.05) is 26.6 Å². The van der Waals surface area contributed by atoms with Gasteiger partial charge in [-0.1, -0.05) is 68.0 Å². The van der Waals surface area contributed by atoms with E-state index in [2.05, 4.69) is 23.7 Å². The highest BCUT2D eigenvalue weighted by molar-refractivity contribution is 6.03. The molecule has 0 bridgehead atoms. The van der Waals surface area contributed by atoms with Crippen LogP contribution in [0.3, 0.4) is 0 Å². The highest BCUT2D eigenvalue weighted by Gasteiger charge is 2.65. The van der Waals surface area contributed by atoms with Gasteiger partial charge in [0.15, 0.2) is 11.5 Å².